The summed E-state index contributed by atoms with van der Waals surface area (Å²) in [5, 5.41) is 0. The van der Waals surface area contributed by atoms with Crippen LogP contribution < -0.4 is 0 Å². The Morgan fingerprint density at radius 2 is 2.31 bits per heavy atom. The Morgan fingerprint density at radius 1 is 1.50 bits per heavy atom. The number of hydrogen-bond donors (Lipinski definition) is 0. The number of rotatable bonds is 4. The summed E-state index contributed by atoms with van der Waals surface area (Å²) in [5.41, 5.74) is 1.02. The van der Waals surface area contributed by atoms with Crippen LogP contribution in [0, 0.1) is 0 Å². The van der Waals surface area contributed by atoms with Crippen molar-refractivity contribution in [2.24, 2.45) is 0 Å². The van der Waals surface area contributed by atoms with Gasteiger partial charge in [0.2, 0.25) is 0 Å². The molecule has 1 heterocycles. The maximum atomic E-state index is 10.9. The highest BCUT2D eigenvalue weighted by molar-refractivity contribution is 8.01. The first-order valence-electron chi connectivity index (χ1n) is 4.85. The van der Waals surface area contributed by atoms with E-state index in [-0.39, 0.29) is 5.97 Å². The number of fused-ring (bicyclic) bond motifs is 1. The number of hydrogen-bond acceptors (Lipinski definition) is 5. The summed E-state index contributed by atoms with van der Waals surface area (Å²) in [4.78, 5) is 15.4. The molecule has 0 atom stereocenters. The smallest absolute Gasteiger partial charge is 0.306 e. The van der Waals surface area contributed by atoms with Crippen LogP contribution in [0.2, 0.25) is 0 Å². The number of thioether (sulfide) groups is 1. The third-order valence-corrected chi connectivity index (χ3v) is 4.21. The lowest BCUT2D eigenvalue weighted by Crippen LogP contribution is -2.00. The lowest BCUT2D eigenvalue weighted by atomic mass is 10.3. The Balaban J connectivity index is 1.97. The Morgan fingerprint density at radius 3 is 3.06 bits per heavy atom. The van der Waals surface area contributed by atoms with E-state index in [9.17, 15) is 4.79 Å². The fraction of sp³-hybridized carbons (Fsp3) is 0.273. The zero-order valence-electron chi connectivity index (χ0n) is 8.80. The Labute approximate surface area is 102 Å². The summed E-state index contributed by atoms with van der Waals surface area (Å²) in [6.45, 7) is 0. The van der Waals surface area contributed by atoms with Crippen molar-refractivity contribution in [2.75, 3.05) is 12.9 Å². The first kappa shape index (κ1) is 11.4. The zero-order chi connectivity index (χ0) is 11.4. The van der Waals surface area contributed by atoms with E-state index in [0.717, 1.165) is 9.86 Å². The van der Waals surface area contributed by atoms with Gasteiger partial charge in [-0.2, -0.15) is 0 Å². The molecule has 0 aliphatic rings. The van der Waals surface area contributed by atoms with E-state index in [1.165, 1.54) is 11.8 Å². The number of thiazole rings is 1. The standard InChI is InChI=1S/C11H11NO2S2/c1-14-10(13)6-7-15-11-12-8-4-2-3-5-9(8)16-11/h2-5H,6-7H2,1H3. The van der Waals surface area contributed by atoms with Gasteiger partial charge in [-0.15, -0.1) is 11.3 Å². The molecule has 0 saturated carbocycles. The van der Waals surface area contributed by atoms with E-state index in [1.807, 2.05) is 18.2 Å². The summed E-state index contributed by atoms with van der Waals surface area (Å²) < 4.78 is 6.77. The van der Waals surface area contributed by atoms with Crippen molar-refractivity contribution in [3.05, 3.63) is 24.3 Å². The maximum absolute atomic E-state index is 10.9. The molecule has 0 spiro atoms. The van der Waals surface area contributed by atoms with Gasteiger partial charge in [0.25, 0.3) is 0 Å². The SMILES string of the molecule is COC(=O)CCSc1nc2ccccc2s1. The van der Waals surface area contributed by atoms with E-state index in [2.05, 4.69) is 15.8 Å². The monoisotopic (exact) mass is 253 g/mol. The molecule has 0 N–H and O–H groups in total. The lowest BCUT2D eigenvalue weighted by Gasteiger charge is -1.96. The number of methoxy groups -OCH3 is 1. The van der Waals surface area contributed by atoms with Crippen LogP contribution in [-0.4, -0.2) is 23.8 Å². The van der Waals surface area contributed by atoms with E-state index in [4.69, 9.17) is 0 Å². The molecule has 1 aromatic heterocycles. The molecule has 0 aliphatic heterocycles. The molecule has 2 aromatic rings. The third-order valence-electron chi connectivity index (χ3n) is 2.03. The molecule has 0 unspecified atom stereocenters. The van der Waals surface area contributed by atoms with Crippen molar-refractivity contribution < 1.29 is 9.53 Å². The number of benzene rings is 1. The second-order valence-corrected chi connectivity index (χ2v) is 5.49. The first-order valence-corrected chi connectivity index (χ1v) is 6.65. The molecule has 0 radical (unpaired) electrons. The minimum absolute atomic E-state index is 0.173. The minimum Gasteiger partial charge on any atom is -0.469 e. The van der Waals surface area contributed by atoms with Crippen LogP contribution in [0.15, 0.2) is 28.6 Å². The van der Waals surface area contributed by atoms with Crippen molar-refractivity contribution >= 4 is 39.3 Å². The second kappa shape index (κ2) is 5.32. The molecule has 3 nitrogen and oxygen atoms in total. The second-order valence-electron chi connectivity index (χ2n) is 3.12. The molecule has 16 heavy (non-hydrogen) atoms. The molecule has 0 aliphatic carbocycles. The van der Waals surface area contributed by atoms with Crippen molar-refractivity contribution in [3.63, 3.8) is 0 Å². The van der Waals surface area contributed by atoms with Gasteiger partial charge in [-0.05, 0) is 12.1 Å². The van der Waals surface area contributed by atoms with Crippen molar-refractivity contribution in [1.29, 1.82) is 0 Å². The number of carbonyl (C=O) groups is 1. The van der Waals surface area contributed by atoms with Crippen molar-refractivity contribution in [1.82, 2.24) is 4.98 Å². The predicted octanol–water partition coefficient (Wildman–Crippen LogP) is 2.95. The quantitative estimate of drug-likeness (QED) is 0.620. The van der Waals surface area contributed by atoms with Crippen LogP contribution in [0.4, 0.5) is 0 Å². The normalized spacial score (nSPS) is 10.6. The molecule has 2 rings (SSSR count). The highest BCUT2D eigenvalue weighted by Crippen LogP contribution is 2.29. The first-order chi connectivity index (χ1) is 7.79. The summed E-state index contributed by atoms with van der Waals surface area (Å²) in [5.74, 6) is 0.542. The van der Waals surface area contributed by atoms with Gasteiger partial charge < -0.3 is 4.74 Å². The fourth-order valence-corrected chi connectivity index (χ4v) is 3.29. The van der Waals surface area contributed by atoms with Gasteiger partial charge in [0.15, 0.2) is 4.34 Å². The Kier molecular flexibility index (Phi) is 3.79. The highest BCUT2D eigenvalue weighted by atomic mass is 32.2. The fourth-order valence-electron chi connectivity index (χ4n) is 1.24. The van der Waals surface area contributed by atoms with Gasteiger partial charge in [0.05, 0.1) is 23.7 Å². The van der Waals surface area contributed by atoms with Crippen LogP contribution in [0.5, 0.6) is 0 Å². The molecule has 84 valence electrons. The van der Waals surface area contributed by atoms with Gasteiger partial charge in [0.1, 0.15) is 0 Å². The molecule has 0 amide bonds. The average molecular weight is 253 g/mol. The van der Waals surface area contributed by atoms with E-state index in [0.29, 0.717) is 12.2 Å². The van der Waals surface area contributed by atoms with Crippen LogP contribution in [-0.2, 0) is 9.53 Å². The van der Waals surface area contributed by atoms with Gasteiger partial charge >= 0.3 is 5.97 Å². The largest absolute Gasteiger partial charge is 0.469 e. The van der Waals surface area contributed by atoms with Gasteiger partial charge in [-0.25, -0.2) is 4.98 Å². The minimum atomic E-state index is -0.173. The van der Waals surface area contributed by atoms with Crippen LogP contribution >= 0.6 is 23.1 Å². The van der Waals surface area contributed by atoms with E-state index < -0.39 is 0 Å². The molecule has 1 aromatic carbocycles. The van der Waals surface area contributed by atoms with Crippen molar-refractivity contribution in [2.45, 2.75) is 10.8 Å². The molecule has 5 heteroatoms. The zero-order valence-corrected chi connectivity index (χ0v) is 10.4. The molecular weight excluding hydrogens is 242 g/mol. The van der Waals surface area contributed by atoms with Crippen LogP contribution in [0.1, 0.15) is 6.42 Å². The number of nitrogens with zero attached hydrogens (tertiary/aromatic N) is 1. The van der Waals surface area contributed by atoms with Gasteiger partial charge in [-0.3, -0.25) is 4.79 Å². The number of esters is 1. The van der Waals surface area contributed by atoms with Crippen LogP contribution in [0.25, 0.3) is 10.2 Å². The van der Waals surface area contributed by atoms with Gasteiger partial charge in [-0.1, -0.05) is 23.9 Å². The van der Waals surface area contributed by atoms with Crippen molar-refractivity contribution in [3.8, 4) is 0 Å². The number of para-hydroxylation sites is 1. The molecule has 0 saturated heterocycles. The number of carbonyl (C=O) groups excluding carboxylic acids is 1. The Hall–Kier alpha value is -1.07. The van der Waals surface area contributed by atoms with Gasteiger partial charge in [0, 0.05) is 5.75 Å². The summed E-state index contributed by atoms with van der Waals surface area (Å²) >= 11 is 3.25. The topological polar surface area (TPSA) is 39.2 Å². The summed E-state index contributed by atoms with van der Waals surface area (Å²) in [7, 11) is 1.41. The number of aromatic nitrogens is 1. The van der Waals surface area contributed by atoms with E-state index in [1.54, 1.807) is 23.1 Å². The molecular formula is C11H11NO2S2. The maximum Gasteiger partial charge on any atom is 0.306 e. The predicted molar refractivity (Wildman–Crippen MR) is 67.0 cm³/mol. The highest BCUT2D eigenvalue weighted by Gasteiger charge is 2.05. The van der Waals surface area contributed by atoms with E-state index >= 15 is 0 Å². The van der Waals surface area contributed by atoms with Crippen LogP contribution in [0.3, 0.4) is 0 Å². The molecule has 0 bridgehead atoms. The Bertz CT molecular complexity index is 462. The molecule has 0 fully saturated rings. The number of ether oxygens (including phenoxy) is 1. The third kappa shape index (κ3) is 2.74. The summed E-state index contributed by atoms with van der Waals surface area (Å²) in [6, 6.07) is 8.03. The summed E-state index contributed by atoms with van der Waals surface area (Å²) in [6.07, 6.45) is 0.428. The lowest BCUT2D eigenvalue weighted by molar-refractivity contribution is -0.140. The average Bonchev–Trinajstić information content (AvgIpc) is 2.71.